The molecule has 0 rings (SSSR count). The van der Waals surface area contributed by atoms with Crippen LogP contribution in [0.4, 0.5) is 0 Å². The third kappa shape index (κ3) is 18.1. The largest absolute Gasteiger partial charge is 0.464 e. The first-order valence-corrected chi connectivity index (χ1v) is 11.5. The van der Waals surface area contributed by atoms with E-state index in [1.807, 2.05) is 13.8 Å². The highest BCUT2D eigenvalue weighted by Crippen LogP contribution is 2.13. The molecule has 0 saturated carbocycles. The Kier molecular flexibility index (Phi) is 18.1. The highest BCUT2D eigenvalue weighted by Gasteiger charge is 2.11. The molecule has 28 heavy (non-hydrogen) atoms. The number of carbonyl (C=O) groups excluding carboxylic acids is 2. The van der Waals surface area contributed by atoms with Gasteiger partial charge in [0.25, 0.3) is 0 Å². The molecule has 0 aromatic heterocycles. The number of carbonyl (C=O) groups is 2. The number of hydrogen-bond donors (Lipinski definition) is 0. The standard InChI is InChI=1S/C24H45NO3/c1-5-6-7-8-9-10-11-12-13-14-15-16-17-18-19-28-24(27)21-25(4)23(26)20-22(2)3/h20H,5-19,21H2,1-4H3. The number of ether oxygens (including phenoxy) is 1. The van der Waals surface area contributed by atoms with Gasteiger partial charge < -0.3 is 9.64 Å². The first-order valence-electron chi connectivity index (χ1n) is 11.5. The third-order valence-electron chi connectivity index (χ3n) is 4.92. The van der Waals surface area contributed by atoms with Crippen molar-refractivity contribution in [3.8, 4) is 0 Å². The Hall–Kier alpha value is -1.32. The van der Waals surface area contributed by atoms with Crippen LogP contribution in [0.15, 0.2) is 11.6 Å². The van der Waals surface area contributed by atoms with E-state index in [1.165, 1.54) is 88.0 Å². The van der Waals surface area contributed by atoms with Gasteiger partial charge in [0.05, 0.1) is 6.61 Å². The van der Waals surface area contributed by atoms with Gasteiger partial charge in [0.2, 0.25) is 5.91 Å². The molecule has 0 aliphatic carbocycles. The van der Waals surface area contributed by atoms with Gasteiger partial charge in [0, 0.05) is 13.1 Å². The molecule has 0 aromatic rings. The van der Waals surface area contributed by atoms with E-state index in [1.54, 1.807) is 7.05 Å². The van der Waals surface area contributed by atoms with Crippen LogP contribution in [0.5, 0.6) is 0 Å². The molecule has 0 bridgehead atoms. The molecule has 0 spiro atoms. The Balaban J connectivity index is 3.38. The van der Waals surface area contributed by atoms with E-state index < -0.39 is 0 Å². The SMILES string of the molecule is CCCCCCCCCCCCCCCCOC(=O)CN(C)C(=O)C=C(C)C. The van der Waals surface area contributed by atoms with Gasteiger partial charge in [-0.1, -0.05) is 96.0 Å². The van der Waals surface area contributed by atoms with Gasteiger partial charge in [0.15, 0.2) is 0 Å². The second-order valence-corrected chi connectivity index (χ2v) is 8.23. The zero-order valence-electron chi connectivity index (χ0n) is 19.1. The minimum atomic E-state index is -0.326. The fourth-order valence-electron chi connectivity index (χ4n) is 3.16. The lowest BCUT2D eigenvalue weighted by Gasteiger charge is -2.14. The zero-order valence-corrected chi connectivity index (χ0v) is 19.1. The summed E-state index contributed by atoms with van der Waals surface area (Å²) in [6.07, 6.45) is 19.9. The quantitative estimate of drug-likeness (QED) is 0.152. The summed E-state index contributed by atoms with van der Waals surface area (Å²) in [5.41, 5.74) is 0.924. The summed E-state index contributed by atoms with van der Waals surface area (Å²) in [5, 5.41) is 0. The predicted molar refractivity (Wildman–Crippen MR) is 118 cm³/mol. The fourth-order valence-corrected chi connectivity index (χ4v) is 3.16. The number of rotatable bonds is 18. The van der Waals surface area contributed by atoms with Crippen LogP contribution in [-0.4, -0.2) is 37.0 Å². The first kappa shape index (κ1) is 26.7. The minimum Gasteiger partial charge on any atom is -0.464 e. The molecule has 0 radical (unpaired) electrons. The molecule has 0 fully saturated rings. The maximum absolute atomic E-state index is 11.7. The summed E-state index contributed by atoms with van der Waals surface area (Å²) in [6, 6.07) is 0. The lowest BCUT2D eigenvalue weighted by atomic mass is 10.0. The van der Waals surface area contributed by atoms with Crippen molar-refractivity contribution in [2.45, 2.75) is 111 Å². The molecule has 0 unspecified atom stereocenters. The van der Waals surface area contributed by atoms with Gasteiger partial charge in [-0.25, -0.2) is 0 Å². The smallest absolute Gasteiger partial charge is 0.325 e. The minimum absolute atomic E-state index is 0.0151. The van der Waals surface area contributed by atoms with Crippen molar-refractivity contribution < 1.29 is 14.3 Å². The lowest BCUT2D eigenvalue weighted by Crippen LogP contribution is -2.32. The molecule has 0 aliphatic rings. The number of likely N-dealkylation sites (N-methyl/N-ethyl adjacent to an activating group) is 1. The molecule has 0 saturated heterocycles. The molecular weight excluding hydrogens is 350 g/mol. The molecule has 164 valence electrons. The van der Waals surface area contributed by atoms with Crippen LogP contribution in [0.1, 0.15) is 111 Å². The Morgan fingerprint density at radius 3 is 1.61 bits per heavy atom. The van der Waals surface area contributed by atoms with Gasteiger partial charge in [-0.3, -0.25) is 9.59 Å². The number of nitrogens with zero attached hydrogens (tertiary/aromatic N) is 1. The van der Waals surface area contributed by atoms with Gasteiger partial charge in [-0.2, -0.15) is 0 Å². The molecule has 0 aliphatic heterocycles. The van der Waals surface area contributed by atoms with Crippen LogP contribution < -0.4 is 0 Å². The van der Waals surface area contributed by atoms with E-state index in [9.17, 15) is 9.59 Å². The van der Waals surface area contributed by atoms with Crippen molar-refractivity contribution in [3.05, 3.63) is 11.6 Å². The molecule has 0 atom stereocenters. The van der Waals surface area contributed by atoms with Gasteiger partial charge in [-0.05, 0) is 20.3 Å². The summed E-state index contributed by atoms with van der Waals surface area (Å²) >= 11 is 0. The highest BCUT2D eigenvalue weighted by atomic mass is 16.5. The molecule has 4 nitrogen and oxygen atoms in total. The van der Waals surface area contributed by atoms with Crippen LogP contribution in [0.3, 0.4) is 0 Å². The number of allylic oxidation sites excluding steroid dienone is 1. The summed E-state index contributed by atoms with van der Waals surface area (Å²) in [4.78, 5) is 24.9. The average Bonchev–Trinajstić information content (AvgIpc) is 2.64. The average molecular weight is 396 g/mol. The predicted octanol–water partition coefficient (Wildman–Crippen LogP) is 6.44. The molecule has 0 heterocycles. The topological polar surface area (TPSA) is 46.6 Å². The van der Waals surface area contributed by atoms with Crippen LogP contribution in [0.2, 0.25) is 0 Å². The Morgan fingerprint density at radius 1 is 0.750 bits per heavy atom. The van der Waals surface area contributed by atoms with Crippen molar-refractivity contribution in [1.29, 1.82) is 0 Å². The van der Waals surface area contributed by atoms with Crippen LogP contribution >= 0.6 is 0 Å². The lowest BCUT2D eigenvalue weighted by molar-refractivity contribution is -0.147. The van der Waals surface area contributed by atoms with E-state index >= 15 is 0 Å². The third-order valence-corrected chi connectivity index (χ3v) is 4.92. The van der Waals surface area contributed by atoms with Crippen molar-refractivity contribution in [2.24, 2.45) is 0 Å². The first-order chi connectivity index (χ1) is 13.5. The molecule has 1 amide bonds. The normalized spacial score (nSPS) is 10.6. The summed E-state index contributed by atoms with van der Waals surface area (Å²) in [6.45, 7) is 6.46. The Bertz CT molecular complexity index is 428. The number of esters is 1. The van der Waals surface area contributed by atoms with Crippen molar-refractivity contribution in [2.75, 3.05) is 20.2 Å². The van der Waals surface area contributed by atoms with E-state index in [0.717, 1.165) is 18.4 Å². The monoisotopic (exact) mass is 395 g/mol. The van der Waals surface area contributed by atoms with Gasteiger partial charge >= 0.3 is 5.97 Å². The summed E-state index contributed by atoms with van der Waals surface area (Å²) < 4.78 is 5.22. The fraction of sp³-hybridized carbons (Fsp3) is 0.833. The zero-order chi connectivity index (χ0) is 21.0. The number of unbranched alkanes of at least 4 members (excludes halogenated alkanes) is 13. The van der Waals surface area contributed by atoms with Crippen molar-refractivity contribution >= 4 is 11.9 Å². The van der Waals surface area contributed by atoms with Gasteiger partial charge in [0.1, 0.15) is 6.54 Å². The van der Waals surface area contributed by atoms with Crippen molar-refractivity contribution in [1.82, 2.24) is 4.90 Å². The summed E-state index contributed by atoms with van der Waals surface area (Å²) in [5.74, 6) is -0.485. The van der Waals surface area contributed by atoms with Crippen LogP contribution in [0, 0.1) is 0 Å². The Morgan fingerprint density at radius 2 is 1.18 bits per heavy atom. The van der Waals surface area contributed by atoms with Crippen LogP contribution in [0.25, 0.3) is 0 Å². The van der Waals surface area contributed by atoms with E-state index in [-0.39, 0.29) is 18.4 Å². The number of amides is 1. The summed E-state index contributed by atoms with van der Waals surface area (Å²) in [7, 11) is 1.62. The van der Waals surface area contributed by atoms with Crippen molar-refractivity contribution in [3.63, 3.8) is 0 Å². The molecular formula is C24H45NO3. The van der Waals surface area contributed by atoms with Gasteiger partial charge in [-0.15, -0.1) is 0 Å². The van der Waals surface area contributed by atoms with Crippen LogP contribution in [-0.2, 0) is 14.3 Å². The van der Waals surface area contributed by atoms with E-state index in [0.29, 0.717) is 6.61 Å². The van der Waals surface area contributed by atoms with E-state index in [2.05, 4.69) is 6.92 Å². The maximum Gasteiger partial charge on any atom is 0.325 e. The Labute approximate surface area is 174 Å². The van der Waals surface area contributed by atoms with E-state index in [4.69, 9.17) is 4.74 Å². The number of hydrogen-bond acceptors (Lipinski definition) is 3. The molecule has 4 heteroatoms. The second kappa shape index (κ2) is 19.0. The molecule has 0 aromatic carbocycles. The molecule has 0 N–H and O–H groups in total. The maximum atomic E-state index is 11.7. The highest BCUT2D eigenvalue weighted by molar-refractivity contribution is 5.90. The second-order valence-electron chi connectivity index (χ2n) is 8.23.